The van der Waals surface area contributed by atoms with Crippen molar-refractivity contribution in [3.8, 4) is 0 Å². The lowest BCUT2D eigenvalue weighted by atomic mass is 10.1. The van der Waals surface area contributed by atoms with Crippen LogP contribution in [0.5, 0.6) is 0 Å². The van der Waals surface area contributed by atoms with Crippen LogP contribution in [0.25, 0.3) is 0 Å². The molecule has 0 saturated carbocycles. The van der Waals surface area contributed by atoms with E-state index in [1.807, 2.05) is 0 Å². The number of anilines is 1. The van der Waals surface area contributed by atoms with Crippen molar-refractivity contribution < 1.29 is 19.1 Å². The van der Waals surface area contributed by atoms with E-state index in [0.29, 0.717) is 24.2 Å². The van der Waals surface area contributed by atoms with Crippen LogP contribution in [0.1, 0.15) is 32.7 Å². The van der Waals surface area contributed by atoms with Crippen molar-refractivity contribution in [3.63, 3.8) is 0 Å². The van der Waals surface area contributed by atoms with Gasteiger partial charge in [-0.1, -0.05) is 11.6 Å². The molecule has 0 radical (unpaired) electrons. The second-order valence-corrected chi connectivity index (χ2v) is 5.35. The number of rotatable bonds is 6. The Bertz CT molecular complexity index is 730. The Morgan fingerprint density at radius 2 is 1.79 bits per heavy atom. The van der Waals surface area contributed by atoms with E-state index in [9.17, 15) is 14.0 Å². The van der Waals surface area contributed by atoms with Crippen LogP contribution >= 0.6 is 0 Å². The minimum atomic E-state index is -0.585. The molecule has 0 spiro atoms. The number of benzene rings is 2. The van der Waals surface area contributed by atoms with Crippen molar-refractivity contribution in [2.75, 3.05) is 18.5 Å². The van der Waals surface area contributed by atoms with Gasteiger partial charge in [0.25, 0.3) is 11.8 Å². The van der Waals surface area contributed by atoms with E-state index >= 15 is 0 Å². The van der Waals surface area contributed by atoms with Crippen molar-refractivity contribution in [2.45, 2.75) is 13.3 Å². The Labute approximate surface area is 139 Å². The van der Waals surface area contributed by atoms with Gasteiger partial charge in [0.05, 0.1) is 5.56 Å². The summed E-state index contributed by atoms with van der Waals surface area (Å²) in [4.78, 5) is 24.0. The molecule has 0 fully saturated rings. The number of carbonyl (C=O) groups is 2. The van der Waals surface area contributed by atoms with Gasteiger partial charge in [-0.3, -0.25) is 9.59 Å². The van der Waals surface area contributed by atoms with Crippen molar-refractivity contribution in [2.24, 2.45) is 0 Å². The fraction of sp³-hybridized carbons (Fsp3) is 0.222. The molecule has 0 aliphatic carbocycles. The molecule has 6 heteroatoms. The number of hydrogen-bond donors (Lipinski definition) is 3. The number of amides is 2. The number of aliphatic hydroxyl groups excluding tert-OH is 1. The van der Waals surface area contributed by atoms with Gasteiger partial charge in [0.2, 0.25) is 0 Å². The summed E-state index contributed by atoms with van der Waals surface area (Å²) in [6.45, 7) is 2.18. The predicted molar refractivity (Wildman–Crippen MR) is 89.6 cm³/mol. The maximum Gasteiger partial charge on any atom is 0.258 e. The number of aryl methyl sites for hydroxylation is 1. The largest absolute Gasteiger partial charge is 0.396 e. The van der Waals surface area contributed by atoms with E-state index in [-0.39, 0.29) is 18.1 Å². The summed E-state index contributed by atoms with van der Waals surface area (Å²) in [7, 11) is 0. The van der Waals surface area contributed by atoms with E-state index < -0.39 is 11.7 Å². The van der Waals surface area contributed by atoms with Crippen LogP contribution in [0.3, 0.4) is 0 Å². The molecule has 3 N–H and O–H groups in total. The molecule has 0 bridgehead atoms. The fourth-order valence-electron chi connectivity index (χ4n) is 2.10. The summed E-state index contributed by atoms with van der Waals surface area (Å²) in [5, 5.41) is 13.9. The van der Waals surface area contributed by atoms with Crippen LogP contribution < -0.4 is 10.6 Å². The quantitative estimate of drug-likeness (QED) is 0.712. The highest BCUT2D eigenvalue weighted by molar-refractivity contribution is 6.04. The van der Waals surface area contributed by atoms with Crippen LogP contribution in [0, 0.1) is 12.7 Å². The van der Waals surface area contributed by atoms with Gasteiger partial charge in [0, 0.05) is 24.4 Å². The lowest BCUT2D eigenvalue weighted by Gasteiger charge is -2.08. The summed E-state index contributed by atoms with van der Waals surface area (Å²) >= 11 is 0. The fourth-order valence-corrected chi connectivity index (χ4v) is 2.10. The SMILES string of the molecule is Cc1ccc(F)c(C(=O)Nc2ccc(C(=O)NCCCO)cc2)c1. The van der Waals surface area contributed by atoms with E-state index in [1.165, 1.54) is 12.1 Å². The molecule has 2 rings (SSSR count). The van der Waals surface area contributed by atoms with Crippen LogP contribution in [0.4, 0.5) is 10.1 Å². The molecule has 2 amide bonds. The van der Waals surface area contributed by atoms with Crippen molar-refractivity contribution in [1.82, 2.24) is 5.32 Å². The standard InChI is InChI=1S/C18H19FN2O3/c1-12-3-8-16(19)15(11-12)18(24)21-14-6-4-13(5-7-14)17(23)20-9-2-10-22/h3-8,11,22H,2,9-10H2,1H3,(H,20,23)(H,21,24). The average molecular weight is 330 g/mol. The molecule has 2 aromatic carbocycles. The maximum absolute atomic E-state index is 13.7. The Hall–Kier alpha value is -2.73. The lowest BCUT2D eigenvalue weighted by Crippen LogP contribution is -2.25. The third kappa shape index (κ3) is 4.63. The zero-order valence-corrected chi connectivity index (χ0v) is 13.3. The number of nitrogens with one attached hydrogen (secondary N) is 2. The van der Waals surface area contributed by atoms with Gasteiger partial charge in [-0.15, -0.1) is 0 Å². The Kier molecular flexibility index (Phi) is 6.03. The second-order valence-electron chi connectivity index (χ2n) is 5.35. The minimum absolute atomic E-state index is 0.0147. The first kappa shape index (κ1) is 17.6. The normalized spacial score (nSPS) is 10.3. The van der Waals surface area contributed by atoms with Gasteiger partial charge in [-0.2, -0.15) is 0 Å². The molecule has 24 heavy (non-hydrogen) atoms. The zero-order valence-electron chi connectivity index (χ0n) is 13.3. The Morgan fingerprint density at radius 3 is 2.46 bits per heavy atom. The number of halogens is 1. The molecule has 0 heterocycles. The topological polar surface area (TPSA) is 78.4 Å². The van der Waals surface area contributed by atoms with Gasteiger partial charge >= 0.3 is 0 Å². The van der Waals surface area contributed by atoms with Crippen molar-refractivity contribution >= 4 is 17.5 Å². The van der Waals surface area contributed by atoms with Crippen LogP contribution in [0.2, 0.25) is 0 Å². The van der Waals surface area contributed by atoms with Crippen LogP contribution in [-0.4, -0.2) is 30.1 Å². The van der Waals surface area contributed by atoms with Crippen molar-refractivity contribution in [3.05, 3.63) is 65.0 Å². The molecule has 2 aromatic rings. The first-order valence-electron chi connectivity index (χ1n) is 7.58. The van der Waals surface area contributed by atoms with E-state index in [2.05, 4.69) is 10.6 Å². The Balaban J connectivity index is 2.02. The number of carbonyl (C=O) groups excluding carboxylic acids is 2. The molecule has 0 aliphatic rings. The summed E-state index contributed by atoms with van der Waals surface area (Å²) in [6.07, 6.45) is 0.488. The van der Waals surface area contributed by atoms with Gasteiger partial charge in [-0.25, -0.2) is 4.39 Å². The van der Waals surface area contributed by atoms with Crippen molar-refractivity contribution in [1.29, 1.82) is 0 Å². The summed E-state index contributed by atoms with van der Waals surface area (Å²) < 4.78 is 13.7. The zero-order chi connectivity index (χ0) is 17.5. The lowest BCUT2D eigenvalue weighted by molar-refractivity contribution is 0.0950. The van der Waals surface area contributed by atoms with E-state index in [4.69, 9.17) is 5.11 Å². The third-order valence-electron chi connectivity index (χ3n) is 3.39. The Morgan fingerprint density at radius 1 is 1.08 bits per heavy atom. The molecule has 0 aliphatic heterocycles. The molecular weight excluding hydrogens is 311 g/mol. The molecule has 0 aromatic heterocycles. The molecule has 0 unspecified atom stereocenters. The number of hydrogen-bond acceptors (Lipinski definition) is 3. The van der Waals surface area contributed by atoms with Gasteiger partial charge in [0.1, 0.15) is 5.82 Å². The van der Waals surface area contributed by atoms with E-state index in [0.717, 1.165) is 5.56 Å². The summed E-state index contributed by atoms with van der Waals surface area (Å²) in [6, 6.07) is 10.6. The highest BCUT2D eigenvalue weighted by atomic mass is 19.1. The molecular formula is C18H19FN2O3. The summed E-state index contributed by atoms with van der Waals surface area (Å²) in [5.41, 5.74) is 1.66. The molecule has 126 valence electrons. The first-order chi connectivity index (χ1) is 11.5. The van der Waals surface area contributed by atoms with Gasteiger partial charge < -0.3 is 15.7 Å². The third-order valence-corrected chi connectivity index (χ3v) is 3.39. The summed E-state index contributed by atoms with van der Waals surface area (Å²) in [5.74, 6) is -1.39. The first-order valence-corrected chi connectivity index (χ1v) is 7.58. The minimum Gasteiger partial charge on any atom is -0.396 e. The highest BCUT2D eigenvalue weighted by Gasteiger charge is 2.12. The smallest absolute Gasteiger partial charge is 0.258 e. The molecule has 5 nitrogen and oxygen atoms in total. The molecule has 0 atom stereocenters. The molecule has 0 saturated heterocycles. The van der Waals surface area contributed by atoms with E-state index in [1.54, 1.807) is 37.3 Å². The van der Waals surface area contributed by atoms with Crippen LogP contribution in [-0.2, 0) is 0 Å². The average Bonchev–Trinajstić information content (AvgIpc) is 2.57. The van der Waals surface area contributed by atoms with Gasteiger partial charge in [0.15, 0.2) is 0 Å². The monoisotopic (exact) mass is 330 g/mol. The van der Waals surface area contributed by atoms with Gasteiger partial charge in [-0.05, 0) is 49.7 Å². The maximum atomic E-state index is 13.7. The number of aliphatic hydroxyl groups is 1. The predicted octanol–water partition coefficient (Wildman–Crippen LogP) is 2.50. The highest BCUT2D eigenvalue weighted by Crippen LogP contribution is 2.14. The van der Waals surface area contributed by atoms with Crippen LogP contribution in [0.15, 0.2) is 42.5 Å². The second kappa shape index (κ2) is 8.21.